The Balaban J connectivity index is 1.68. The number of nitrogens with one attached hydrogen (secondary N) is 1. The molecule has 0 saturated heterocycles. The highest BCUT2D eigenvalue weighted by Crippen LogP contribution is 2.31. The topological polar surface area (TPSA) is 67.6 Å². The van der Waals surface area contributed by atoms with Crippen molar-refractivity contribution in [1.29, 1.82) is 0 Å². The summed E-state index contributed by atoms with van der Waals surface area (Å²) in [5.74, 6) is 1.59. The lowest BCUT2D eigenvalue weighted by atomic mass is 10.0. The minimum atomic E-state index is -0.119. The quantitative estimate of drug-likeness (QED) is 0.945. The molecule has 0 saturated carbocycles. The van der Waals surface area contributed by atoms with E-state index in [2.05, 4.69) is 10.5 Å². The van der Waals surface area contributed by atoms with Crippen molar-refractivity contribution in [2.75, 3.05) is 13.7 Å². The van der Waals surface area contributed by atoms with Crippen molar-refractivity contribution in [2.24, 2.45) is 0 Å². The van der Waals surface area contributed by atoms with E-state index in [1.807, 2.05) is 38.1 Å². The molecule has 0 fully saturated rings. The number of aryl methyl sites for hydroxylation is 2. The van der Waals surface area contributed by atoms with Gasteiger partial charge in [-0.3, -0.25) is 0 Å². The summed E-state index contributed by atoms with van der Waals surface area (Å²) >= 11 is 0. The molecule has 2 aromatic rings. The molecule has 122 valence electrons. The molecular formula is C17H21N3O3. The SMILES string of the molecule is Cc1noc(C)c1CN(C)C(=O)NC1CCOc2ccccc21. The van der Waals surface area contributed by atoms with Crippen LogP contribution in [0.2, 0.25) is 0 Å². The van der Waals surface area contributed by atoms with E-state index in [9.17, 15) is 4.79 Å². The van der Waals surface area contributed by atoms with E-state index in [1.165, 1.54) is 0 Å². The van der Waals surface area contributed by atoms with Crippen LogP contribution < -0.4 is 10.1 Å². The average molecular weight is 315 g/mol. The minimum absolute atomic E-state index is 0.0282. The third kappa shape index (κ3) is 3.16. The van der Waals surface area contributed by atoms with E-state index in [0.717, 1.165) is 34.8 Å². The minimum Gasteiger partial charge on any atom is -0.493 e. The predicted octanol–water partition coefficient (Wildman–Crippen LogP) is 2.96. The molecular weight excluding hydrogens is 294 g/mol. The van der Waals surface area contributed by atoms with Crippen LogP contribution in [0.1, 0.15) is 35.0 Å². The van der Waals surface area contributed by atoms with Crippen molar-refractivity contribution in [3.8, 4) is 5.75 Å². The number of aromatic nitrogens is 1. The number of carbonyl (C=O) groups is 1. The molecule has 0 aliphatic carbocycles. The molecule has 1 aliphatic heterocycles. The van der Waals surface area contributed by atoms with Crippen LogP contribution in [0.4, 0.5) is 4.79 Å². The molecule has 2 amide bonds. The van der Waals surface area contributed by atoms with Gasteiger partial charge in [-0.05, 0) is 19.9 Å². The second kappa shape index (κ2) is 6.32. The second-order valence-electron chi connectivity index (χ2n) is 5.84. The molecule has 6 nitrogen and oxygen atoms in total. The Labute approximate surface area is 135 Å². The maximum Gasteiger partial charge on any atom is 0.317 e. The van der Waals surface area contributed by atoms with Crippen LogP contribution in [0.3, 0.4) is 0 Å². The third-order valence-electron chi connectivity index (χ3n) is 4.18. The zero-order chi connectivity index (χ0) is 16.4. The number of fused-ring (bicyclic) bond motifs is 1. The fourth-order valence-corrected chi connectivity index (χ4v) is 2.79. The van der Waals surface area contributed by atoms with Crippen LogP contribution in [0.25, 0.3) is 0 Å². The molecule has 2 heterocycles. The predicted molar refractivity (Wildman–Crippen MR) is 85.3 cm³/mol. The van der Waals surface area contributed by atoms with Crippen LogP contribution in [-0.4, -0.2) is 29.7 Å². The summed E-state index contributed by atoms with van der Waals surface area (Å²) in [4.78, 5) is 14.1. The number of nitrogens with zero attached hydrogens (tertiary/aromatic N) is 2. The van der Waals surface area contributed by atoms with Gasteiger partial charge in [-0.25, -0.2) is 4.79 Å². The van der Waals surface area contributed by atoms with Crippen LogP contribution in [0.15, 0.2) is 28.8 Å². The van der Waals surface area contributed by atoms with Crippen LogP contribution >= 0.6 is 0 Å². The summed E-state index contributed by atoms with van der Waals surface area (Å²) in [7, 11) is 1.77. The molecule has 23 heavy (non-hydrogen) atoms. The number of urea groups is 1. The Morgan fingerprint density at radius 1 is 1.39 bits per heavy atom. The standard InChI is InChI=1S/C17H21N3O3/c1-11-14(12(2)23-19-11)10-20(3)17(21)18-15-8-9-22-16-7-5-4-6-13(15)16/h4-7,15H,8-10H2,1-3H3,(H,18,21). The molecule has 1 aromatic heterocycles. The third-order valence-corrected chi connectivity index (χ3v) is 4.18. The summed E-state index contributed by atoms with van der Waals surface area (Å²) in [5.41, 5.74) is 2.80. The monoisotopic (exact) mass is 315 g/mol. The van der Waals surface area contributed by atoms with Gasteiger partial charge in [-0.2, -0.15) is 0 Å². The first-order valence-corrected chi connectivity index (χ1v) is 7.71. The molecule has 1 N–H and O–H groups in total. The first-order chi connectivity index (χ1) is 11.1. The highest BCUT2D eigenvalue weighted by Gasteiger charge is 2.24. The van der Waals surface area contributed by atoms with Crippen molar-refractivity contribution >= 4 is 6.03 Å². The molecule has 1 atom stereocenters. The summed E-state index contributed by atoms with van der Waals surface area (Å²) in [6.45, 7) is 4.81. The van der Waals surface area contributed by atoms with Gasteiger partial charge in [0.15, 0.2) is 0 Å². The van der Waals surface area contributed by atoms with Gasteiger partial charge in [0.1, 0.15) is 11.5 Å². The Morgan fingerprint density at radius 2 is 2.17 bits per heavy atom. The van der Waals surface area contributed by atoms with Crippen LogP contribution in [0, 0.1) is 13.8 Å². The smallest absolute Gasteiger partial charge is 0.317 e. The summed E-state index contributed by atoms with van der Waals surface area (Å²) in [5, 5.41) is 7.01. The largest absolute Gasteiger partial charge is 0.493 e. The number of rotatable bonds is 3. The van der Waals surface area contributed by atoms with E-state index in [4.69, 9.17) is 9.26 Å². The van der Waals surface area contributed by atoms with Crippen molar-refractivity contribution in [2.45, 2.75) is 32.9 Å². The van der Waals surface area contributed by atoms with Crippen molar-refractivity contribution in [1.82, 2.24) is 15.4 Å². The van der Waals surface area contributed by atoms with Gasteiger partial charge in [-0.1, -0.05) is 23.4 Å². The number of benzene rings is 1. The van der Waals surface area contributed by atoms with Crippen molar-refractivity contribution in [3.05, 3.63) is 46.8 Å². The summed E-state index contributed by atoms with van der Waals surface area (Å²) < 4.78 is 10.8. The van der Waals surface area contributed by atoms with Crippen molar-refractivity contribution in [3.63, 3.8) is 0 Å². The Morgan fingerprint density at radius 3 is 2.91 bits per heavy atom. The zero-order valence-electron chi connectivity index (χ0n) is 13.6. The molecule has 6 heteroatoms. The first-order valence-electron chi connectivity index (χ1n) is 7.71. The summed E-state index contributed by atoms with van der Waals surface area (Å²) in [6.07, 6.45) is 0.766. The molecule has 1 aliphatic rings. The van der Waals surface area contributed by atoms with Gasteiger partial charge in [0.25, 0.3) is 0 Å². The number of carbonyl (C=O) groups excluding carboxylic acids is 1. The van der Waals surface area contributed by atoms with Crippen LogP contribution in [0.5, 0.6) is 5.75 Å². The van der Waals surface area contributed by atoms with E-state index in [-0.39, 0.29) is 12.1 Å². The van der Waals surface area contributed by atoms with Gasteiger partial charge in [0.2, 0.25) is 0 Å². The lowest BCUT2D eigenvalue weighted by molar-refractivity contribution is 0.194. The highest BCUT2D eigenvalue weighted by atomic mass is 16.5. The Hall–Kier alpha value is -2.50. The van der Waals surface area contributed by atoms with E-state index >= 15 is 0 Å². The molecule has 3 rings (SSSR count). The molecule has 1 unspecified atom stereocenters. The number of ether oxygens (including phenoxy) is 1. The Kier molecular flexibility index (Phi) is 4.23. The highest BCUT2D eigenvalue weighted by molar-refractivity contribution is 5.74. The first kappa shape index (κ1) is 15.4. The van der Waals surface area contributed by atoms with E-state index < -0.39 is 0 Å². The van der Waals surface area contributed by atoms with Gasteiger partial charge in [0.05, 0.1) is 24.9 Å². The zero-order valence-corrected chi connectivity index (χ0v) is 13.6. The number of para-hydroxylation sites is 1. The number of hydrogen-bond acceptors (Lipinski definition) is 4. The fourth-order valence-electron chi connectivity index (χ4n) is 2.79. The van der Waals surface area contributed by atoms with Gasteiger partial charge in [0, 0.05) is 24.6 Å². The number of amides is 2. The van der Waals surface area contributed by atoms with E-state index in [1.54, 1.807) is 11.9 Å². The lowest BCUT2D eigenvalue weighted by Crippen LogP contribution is -2.40. The van der Waals surface area contributed by atoms with Gasteiger partial charge >= 0.3 is 6.03 Å². The van der Waals surface area contributed by atoms with Crippen molar-refractivity contribution < 1.29 is 14.1 Å². The maximum absolute atomic E-state index is 12.5. The molecule has 0 radical (unpaired) electrons. The maximum atomic E-state index is 12.5. The lowest BCUT2D eigenvalue weighted by Gasteiger charge is -2.28. The molecule has 1 aromatic carbocycles. The average Bonchev–Trinajstić information content (AvgIpc) is 2.87. The summed E-state index contributed by atoms with van der Waals surface area (Å²) in [6, 6.07) is 7.67. The fraction of sp³-hybridized carbons (Fsp3) is 0.412. The van der Waals surface area contributed by atoms with E-state index in [0.29, 0.717) is 13.2 Å². The molecule has 0 spiro atoms. The number of hydrogen-bond donors (Lipinski definition) is 1. The van der Waals surface area contributed by atoms with Gasteiger partial charge < -0.3 is 19.5 Å². The second-order valence-corrected chi connectivity index (χ2v) is 5.84. The normalized spacial score (nSPS) is 16.4. The Bertz CT molecular complexity index is 691. The molecule has 0 bridgehead atoms. The van der Waals surface area contributed by atoms with Gasteiger partial charge in [-0.15, -0.1) is 0 Å². The van der Waals surface area contributed by atoms with Crippen LogP contribution in [-0.2, 0) is 6.54 Å².